The number of aromatic hydroxyl groups is 1. The van der Waals surface area contributed by atoms with Crippen LogP contribution >= 0.6 is 0 Å². The number of hydrogen-bond acceptors (Lipinski definition) is 6. The predicted octanol–water partition coefficient (Wildman–Crippen LogP) is -0.0297. The second-order valence-corrected chi connectivity index (χ2v) is 4.43. The molecule has 118 valence electrons. The molecule has 2 rings (SSSR count). The zero-order valence-electron chi connectivity index (χ0n) is 11.7. The molecule has 1 heterocycles. The maximum Gasteiger partial charge on any atom is 0.328 e. The highest BCUT2D eigenvalue weighted by Gasteiger charge is 2.17. The van der Waals surface area contributed by atoms with Crippen molar-refractivity contribution in [2.24, 2.45) is 5.73 Å². The van der Waals surface area contributed by atoms with Crippen molar-refractivity contribution in [3.05, 3.63) is 62.4 Å². The average molecular weight is 315 g/mol. The van der Waals surface area contributed by atoms with Crippen LogP contribution in [0.4, 0.5) is 5.69 Å². The number of benzene rings is 1. The number of allylic oxidation sites excluding steroid dienone is 1. The fourth-order valence-electron chi connectivity index (χ4n) is 1.85. The van der Waals surface area contributed by atoms with E-state index in [1.54, 1.807) is 12.1 Å². The summed E-state index contributed by atoms with van der Waals surface area (Å²) in [6.45, 7) is 0. The van der Waals surface area contributed by atoms with Gasteiger partial charge in [0.15, 0.2) is 5.56 Å². The Labute approximate surface area is 129 Å². The Morgan fingerprint density at radius 1 is 1.22 bits per heavy atom. The van der Waals surface area contributed by atoms with Crippen molar-refractivity contribution in [2.75, 3.05) is 5.32 Å². The third-order valence-corrected chi connectivity index (χ3v) is 2.96. The molecule has 0 radical (unpaired) electrons. The largest absolute Gasteiger partial charge is 0.494 e. The number of anilines is 1. The number of amides is 1. The van der Waals surface area contributed by atoms with Gasteiger partial charge in [-0.25, -0.2) is 4.79 Å². The fourth-order valence-corrected chi connectivity index (χ4v) is 1.85. The lowest BCUT2D eigenvalue weighted by atomic mass is 10.1. The monoisotopic (exact) mass is 315 g/mol. The third kappa shape index (κ3) is 3.35. The second kappa shape index (κ2) is 6.43. The van der Waals surface area contributed by atoms with Crippen molar-refractivity contribution >= 4 is 23.4 Å². The molecule has 7 N–H and O–H groups in total. The topological polar surface area (TPSA) is 165 Å². The molecule has 9 heteroatoms. The summed E-state index contributed by atoms with van der Waals surface area (Å²) in [6, 6.07) is 6.32. The molecule has 0 spiro atoms. The second-order valence-electron chi connectivity index (χ2n) is 4.43. The predicted molar refractivity (Wildman–Crippen MR) is 84.7 cm³/mol. The summed E-state index contributed by atoms with van der Waals surface area (Å²) in [5.74, 6) is -1.69. The molecular weight excluding hydrogens is 302 g/mol. The highest BCUT2D eigenvalue weighted by molar-refractivity contribution is 6.08. The van der Waals surface area contributed by atoms with Gasteiger partial charge in [-0.05, 0) is 17.7 Å². The number of aromatic amines is 2. The molecule has 1 amide bonds. The van der Waals surface area contributed by atoms with E-state index in [1.165, 1.54) is 18.3 Å². The van der Waals surface area contributed by atoms with E-state index in [9.17, 15) is 19.5 Å². The Bertz CT molecular complexity index is 893. The highest BCUT2D eigenvalue weighted by atomic mass is 16.3. The van der Waals surface area contributed by atoms with Crippen molar-refractivity contribution in [1.29, 1.82) is 5.41 Å². The number of nitrogens with one attached hydrogen (secondary N) is 4. The molecule has 0 bridgehead atoms. The summed E-state index contributed by atoms with van der Waals surface area (Å²) >= 11 is 0. The van der Waals surface area contributed by atoms with Gasteiger partial charge >= 0.3 is 5.69 Å². The normalized spacial score (nSPS) is 11.0. The molecule has 0 aliphatic carbocycles. The van der Waals surface area contributed by atoms with E-state index >= 15 is 0 Å². The summed E-state index contributed by atoms with van der Waals surface area (Å²) in [4.78, 5) is 38.3. The fraction of sp³-hybridized carbons (Fsp3) is 0. The number of aromatic nitrogens is 2. The number of hydrogen-bond donors (Lipinski definition) is 6. The lowest BCUT2D eigenvalue weighted by Crippen LogP contribution is -2.30. The van der Waals surface area contributed by atoms with Crippen LogP contribution in [0.3, 0.4) is 0 Å². The van der Waals surface area contributed by atoms with Gasteiger partial charge in [0.05, 0.1) is 0 Å². The molecule has 0 saturated heterocycles. The van der Waals surface area contributed by atoms with E-state index in [0.29, 0.717) is 16.8 Å². The molecule has 9 nitrogen and oxygen atoms in total. The number of rotatable bonds is 4. The summed E-state index contributed by atoms with van der Waals surface area (Å²) in [5.41, 5.74) is 4.38. The van der Waals surface area contributed by atoms with Crippen LogP contribution in [-0.4, -0.2) is 27.2 Å². The Morgan fingerprint density at radius 3 is 2.39 bits per heavy atom. The standard InChI is InChI=1S/C14H13N5O4/c15-5-8(6-16)7-1-3-9(4-2-7)17-11(20)10-12(21)18-14(23)19-13(10)22/h1-6,15H,16H2,(H,17,20)(H3,18,19,21,22,23)/b8-6+,15-5?. The van der Waals surface area contributed by atoms with Crippen LogP contribution in [0.15, 0.2) is 40.1 Å². The molecular formula is C14H13N5O4. The first-order chi connectivity index (χ1) is 11.0. The minimum absolute atomic E-state index is 0.352. The van der Waals surface area contributed by atoms with Crippen LogP contribution in [0.1, 0.15) is 15.9 Å². The molecule has 1 aromatic carbocycles. The maximum absolute atomic E-state index is 12.0. The van der Waals surface area contributed by atoms with Crippen LogP contribution in [0.25, 0.3) is 5.57 Å². The van der Waals surface area contributed by atoms with Gasteiger partial charge in [0, 0.05) is 23.7 Å². The van der Waals surface area contributed by atoms with Gasteiger partial charge in [-0.1, -0.05) is 12.1 Å². The molecule has 0 saturated carbocycles. The van der Waals surface area contributed by atoms with Gasteiger partial charge in [0.1, 0.15) is 0 Å². The van der Waals surface area contributed by atoms with E-state index in [2.05, 4.69) is 5.32 Å². The van der Waals surface area contributed by atoms with Crippen molar-refractivity contribution < 1.29 is 9.90 Å². The number of H-pyrrole nitrogens is 2. The molecule has 0 fully saturated rings. The van der Waals surface area contributed by atoms with E-state index in [1.807, 2.05) is 9.97 Å². The van der Waals surface area contributed by atoms with E-state index < -0.39 is 28.6 Å². The number of carbonyl (C=O) groups excluding carboxylic acids is 1. The van der Waals surface area contributed by atoms with Crippen LogP contribution in [0.5, 0.6) is 5.88 Å². The van der Waals surface area contributed by atoms with Gasteiger partial charge in [-0.15, -0.1) is 0 Å². The minimum atomic E-state index is -1.00. The molecule has 0 unspecified atom stereocenters. The van der Waals surface area contributed by atoms with Gasteiger partial charge in [-0.3, -0.25) is 19.6 Å². The molecule has 2 aromatic rings. The number of nitrogens with two attached hydrogens (primary N) is 1. The molecule has 0 aliphatic heterocycles. The Kier molecular flexibility index (Phi) is 4.41. The Balaban J connectivity index is 2.26. The van der Waals surface area contributed by atoms with Crippen molar-refractivity contribution in [2.45, 2.75) is 0 Å². The van der Waals surface area contributed by atoms with E-state index in [0.717, 1.165) is 6.21 Å². The highest BCUT2D eigenvalue weighted by Crippen LogP contribution is 2.16. The quantitative estimate of drug-likeness (QED) is 0.435. The zero-order chi connectivity index (χ0) is 17.0. The van der Waals surface area contributed by atoms with Gasteiger partial charge in [0.25, 0.3) is 11.5 Å². The lowest BCUT2D eigenvalue weighted by molar-refractivity contribution is 0.102. The summed E-state index contributed by atoms with van der Waals surface area (Å²) < 4.78 is 0. The zero-order valence-corrected chi connectivity index (χ0v) is 11.7. The van der Waals surface area contributed by atoms with Gasteiger partial charge in [0.2, 0.25) is 5.88 Å². The minimum Gasteiger partial charge on any atom is -0.494 e. The van der Waals surface area contributed by atoms with Crippen LogP contribution < -0.4 is 22.3 Å². The van der Waals surface area contributed by atoms with Crippen LogP contribution in [0.2, 0.25) is 0 Å². The first-order valence-electron chi connectivity index (χ1n) is 6.36. The lowest BCUT2D eigenvalue weighted by Gasteiger charge is -2.07. The Hall–Kier alpha value is -3.62. The summed E-state index contributed by atoms with van der Waals surface area (Å²) in [5, 5.41) is 19.1. The molecule has 23 heavy (non-hydrogen) atoms. The van der Waals surface area contributed by atoms with Crippen molar-refractivity contribution in [1.82, 2.24) is 9.97 Å². The Morgan fingerprint density at radius 2 is 1.87 bits per heavy atom. The van der Waals surface area contributed by atoms with Gasteiger partial charge < -0.3 is 21.6 Å². The molecule has 0 atom stereocenters. The number of carbonyl (C=O) groups is 1. The van der Waals surface area contributed by atoms with Crippen LogP contribution in [0, 0.1) is 5.41 Å². The van der Waals surface area contributed by atoms with Crippen molar-refractivity contribution in [3.63, 3.8) is 0 Å². The van der Waals surface area contributed by atoms with Gasteiger partial charge in [-0.2, -0.15) is 0 Å². The molecule has 1 aromatic heterocycles. The summed E-state index contributed by atoms with van der Waals surface area (Å²) in [7, 11) is 0. The first kappa shape index (κ1) is 15.8. The summed E-state index contributed by atoms with van der Waals surface area (Å²) in [6.07, 6.45) is 2.37. The SMILES string of the molecule is N=C/C(=C\N)c1ccc(NC(=O)c2c(O)[nH]c(=O)[nH]c2=O)cc1. The molecule has 0 aliphatic rings. The smallest absolute Gasteiger partial charge is 0.328 e. The van der Waals surface area contributed by atoms with E-state index in [-0.39, 0.29) is 0 Å². The third-order valence-electron chi connectivity index (χ3n) is 2.96. The van der Waals surface area contributed by atoms with Crippen molar-refractivity contribution in [3.8, 4) is 5.88 Å². The maximum atomic E-state index is 12.0. The first-order valence-corrected chi connectivity index (χ1v) is 6.36. The average Bonchev–Trinajstić information content (AvgIpc) is 2.49. The van der Waals surface area contributed by atoms with E-state index in [4.69, 9.17) is 11.1 Å². The van der Waals surface area contributed by atoms with Crippen LogP contribution in [-0.2, 0) is 0 Å².